The molecule has 1 aromatic carbocycles. The number of thioether (sulfide) groups is 1. The third kappa shape index (κ3) is 3.20. The summed E-state index contributed by atoms with van der Waals surface area (Å²) in [5.41, 5.74) is 2.49. The van der Waals surface area contributed by atoms with Gasteiger partial charge in [-0.15, -0.1) is 10.2 Å². The van der Waals surface area contributed by atoms with E-state index in [0.717, 1.165) is 9.90 Å². The molecule has 0 saturated carbocycles. The van der Waals surface area contributed by atoms with Crippen molar-refractivity contribution < 1.29 is 14.0 Å². The van der Waals surface area contributed by atoms with Gasteiger partial charge in [0, 0.05) is 5.56 Å². The zero-order valence-corrected chi connectivity index (χ0v) is 13.5. The van der Waals surface area contributed by atoms with Gasteiger partial charge in [0.2, 0.25) is 11.7 Å². The summed E-state index contributed by atoms with van der Waals surface area (Å²) in [4.78, 5) is 4.37. The van der Waals surface area contributed by atoms with Gasteiger partial charge in [0.25, 0.3) is 0 Å². The summed E-state index contributed by atoms with van der Waals surface area (Å²) in [6.07, 6.45) is 0. The van der Waals surface area contributed by atoms with Gasteiger partial charge in [-0.25, -0.2) is 0 Å². The fourth-order valence-corrected chi connectivity index (χ4v) is 3.08. The van der Waals surface area contributed by atoms with E-state index in [-0.39, 0.29) is 0 Å². The summed E-state index contributed by atoms with van der Waals surface area (Å²) in [7, 11) is 3.18. The number of aromatic nitrogens is 4. The summed E-state index contributed by atoms with van der Waals surface area (Å²) in [5, 5.41) is 11.7. The van der Waals surface area contributed by atoms with Gasteiger partial charge in [-0.2, -0.15) is 4.98 Å². The standard InChI is InChI=1S/C13H12N4O3S2/c1-18-9-4-3-8(5-10(9)19-2)12-15-11(20-17-12)6-21-13-16-14-7-22-13/h3-5,7H,6H2,1-2H3. The number of methoxy groups -OCH3 is 2. The maximum atomic E-state index is 5.27. The summed E-state index contributed by atoms with van der Waals surface area (Å²) < 4.78 is 16.6. The molecule has 114 valence electrons. The van der Waals surface area contributed by atoms with Gasteiger partial charge in [0.1, 0.15) is 5.51 Å². The van der Waals surface area contributed by atoms with Gasteiger partial charge in [0.05, 0.1) is 20.0 Å². The minimum absolute atomic E-state index is 0.508. The van der Waals surface area contributed by atoms with E-state index >= 15 is 0 Å². The number of benzene rings is 1. The molecule has 0 fully saturated rings. The molecular formula is C13H12N4O3S2. The third-order valence-corrected chi connectivity index (χ3v) is 4.61. The highest BCUT2D eigenvalue weighted by atomic mass is 32.2. The van der Waals surface area contributed by atoms with E-state index < -0.39 is 0 Å². The van der Waals surface area contributed by atoms with Crippen LogP contribution in [-0.2, 0) is 5.75 Å². The lowest BCUT2D eigenvalue weighted by molar-refractivity contribution is 0.355. The lowest BCUT2D eigenvalue weighted by Crippen LogP contribution is -1.91. The molecule has 0 aliphatic rings. The first kappa shape index (κ1) is 14.8. The van der Waals surface area contributed by atoms with Gasteiger partial charge in [-0.05, 0) is 18.2 Å². The minimum atomic E-state index is 0.508. The van der Waals surface area contributed by atoms with Crippen molar-refractivity contribution in [1.29, 1.82) is 0 Å². The highest BCUT2D eigenvalue weighted by Crippen LogP contribution is 2.31. The normalized spacial score (nSPS) is 10.6. The summed E-state index contributed by atoms with van der Waals surface area (Å²) in [6.45, 7) is 0. The molecule has 2 heterocycles. The monoisotopic (exact) mass is 336 g/mol. The molecule has 0 radical (unpaired) electrons. The minimum Gasteiger partial charge on any atom is -0.493 e. The first-order valence-electron chi connectivity index (χ1n) is 6.24. The number of rotatable bonds is 6. The zero-order chi connectivity index (χ0) is 15.4. The molecule has 0 spiro atoms. The summed E-state index contributed by atoms with van der Waals surface area (Å²) in [6, 6.07) is 5.47. The van der Waals surface area contributed by atoms with Crippen LogP contribution in [0, 0.1) is 0 Å². The van der Waals surface area contributed by atoms with Crippen molar-refractivity contribution in [3.63, 3.8) is 0 Å². The lowest BCUT2D eigenvalue weighted by Gasteiger charge is -2.07. The van der Waals surface area contributed by atoms with Gasteiger partial charge < -0.3 is 14.0 Å². The van der Waals surface area contributed by atoms with E-state index in [0.29, 0.717) is 29.0 Å². The quantitative estimate of drug-likeness (QED) is 0.635. The summed E-state index contributed by atoms with van der Waals surface area (Å²) in [5.74, 6) is 2.87. The number of hydrogen-bond donors (Lipinski definition) is 0. The molecule has 7 nitrogen and oxygen atoms in total. The van der Waals surface area contributed by atoms with Crippen LogP contribution >= 0.6 is 23.1 Å². The van der Waals surface area contributed by atoms with Gasteiger partial charge in [-0.3, -0.25) is 0 Å². The fraction of sp³-hybridized carbons (Fsp3) is 0.231. The molecule has 2 aromatic heterocycles. The average molecular weight is 336 g/mol. The van der Waals surface area contributed by atoms with Crippen LogP contribution in [0.3, 0.4) is 0 Å². The second kappa shape index (κ2) is 6.75. The van der Waals surface area contributed by atoms with Gasteiger partial charge >= 0.3 is 0 Å². The molecule has 0 atom stereocenters. The van der Waals surface area contributed by atoms with Crippen molar-refractivity contribution in [1.82, 2.24) is 20.3 Å². The molecule has 0 aliphatic heterocycles. The first-order valence-corrected chi connectivity index (χ1v) is 8.10. The van der Waals surface area contributed by atoms with E-state index in [4.69, 9.17) is 14.0 Å². The van der Waals surface area contributed by atoms with Crippen molar-refractivity contribution >= 4 is 23.1 Å². The van der Waals surface area contributed by atoms with E-state index in [1.165, 1.54) is 23.1 Å². The highest BCUT2D eigenvalue weighted by Gasteiger charge is 2.12. The Balaban J connectivity index is 1.75. The molecule has 0 unspecified atom stereocenters. The van der Waals surface area contributed by atoms with Crippen LogP contribution in [0.4, 0.5) is 0 Å². The Bertz CT molecular complexity index is 746. The van der Waals surface area contributed by atoms with Crippen molar-refractivity contribution in [2.24, 2.45) is 0 Å². The Morgan fingerprint density at radius 1 is 1.23 bits per heavy atom. The Labute approximate surface area is 134 Å². The van der Waals surface area contributed by atoms with Crippen LogP contribution < -0.4 is 9.47 Å². The van der Waals surface area contributed by atoms with E-state index in [1.54, 1.807) is 25.8 Å². The second-order valence-corrected chi connectivity index (χ2v) is 6.13. The highest BCUT2D eigenvalue weighted by molar-refractivity contribution is 8.00. The topological polar surface area (TPSA) is 83.2 Å². The molecule has 0 amide bonds. The Morgan fingerprint density at radius 3 is 2.82 bits per heavy atom. The zero-order valence-electron chi connectivity index (χ0n) is 11.8. The average Bonchev–Trinajstić information content (AvgIpc) is 3.23. The lowest BCUT2D eigenvalue weighted by atomic mass is 10.2. The fourth-order valence-electron chi connectivity index (χ4n) is 1.76. The van der Waals surface area contributed by atoms with Crippen LogP contribution in [0.5, 0.6) is 11.5 Å². The van der Waals surface area contributed by atoms with E-state index in [2.05, 4.69) is 20.3 Å². The van der Waals surface area contributed by atoms with E-state index in [1.807, 2.05) is 12.1 Å². The van der Waals surface area contributed by atoms with Crippen molar-refractivity contribution in [2.75, 3.05) is 14.2 Å². The predicted molar refractivity (Wildman–Crippen MR) is 82.3 cm³/mol. The number of ether oxygens (including phenoxy) is 2. The predicted octanol–water partition coefficient (Wildman–Crippen LogP) is 2.90. The molecule has 0 aliphatic carbocycles. The van der Waals surface area contributed by atoms with Crippen LogP contribution in [-0.4, -0.2) is 34.6 Å². The van der Waals surface area contributed by atoms with Crippen molar-refractivity contribution in [2.45, 2.75) is 10.1 Å². The number of hydrogen-bond acceptors (Lipinski definition) is 9. The van der Waals surface area contributed by atoms with Crippen molar-refractivity contribution in [3.05, 3.63) is 29.6 Å². The first-order chi connectivity index (χ1) is 10.8. The SMILES string of the molecule is COc1ccc(-c2noc(CSc3nncs3)n2)cc1OC. The molecule has 3 rings (SSSR count). The summed E-state index contributed by atoms with van der Waals surface area (Å²) >= 11 is 2.98. The molecule has 0 saturated heterocycles. The Morgan fingerprint density at radius 2 is 2.09 bits per heavy atom. The van der Waals surface area contributed by atoms with Crippen LogP contribution in [0.15, 0.2) is 32.6 Å². The third-order valence-electron chi connectivity index (χ3n) is 2.77. The molecule has 9 heteroatoms. The number of nitrogens with zero attached hydrogens (tertiary/aromatic N) is 4. The van der Waals surface area contributed by atoms with Crippen molar-refractivity contribution in [3.8, 4) is 22.9 Å². The molecule has 0 bridgehead atoms. The molecule has 0 N–H and O–H groups in total. The molecular weight excluding hydrogens is 324 g/mol. The van der Waals surface area contributed by atoms with Crippen LogP contribution in [0.2, 0.25) is 0 Å². The molecule has 3 aromatic rings. The smallest absolute Gasteiger partial charge is 0.237 e. The van der Waals surface area contributed by atoms with E-state index in [9.17, 15) is 0 Å². The second-order valence-electron chi connectivity index (χ2n) is 4.07. The van der Waals surface area contributed by atoms with Crippen LogP contribution in [0.25, 0.3) is 11.4 Å². The van der Waals surface area contributed by atoms with Crippen LogP contribution in [0.1, 0.15) is 5.89 Å². The van der Waals surface area contributed by atoms with Gasteiger partial charge in [0.15, 0.2) is 15.8 Å². The maximum Gasteiger partial charge on any atom is 0.237 e. The Kier molecular flexibility index (Phi) is 4.54. The largest absolute Gasteiger partial charge is 0.493 e. The van der Waals surface area contributed by atoms with Gasteiger partial charge in [-0.1, -0.05) is 28.3 Å². The Hall–Kier alpha value is -2.13. The molecule has 22 heavy (non-hydrogen) atoms. The maximum absolute atomic E-state index is 5.27.